The second kappa shape index (κ2) is 33.5. The molecule has 0 atom stereocenters. The zero-order valence-corrected chi connectivity index (χ0v) is 43.1. The van der Waals surface area contributed by atoms with Crippen molar-refractivity contribution in [2.45, 2.75) is 102 Å². The molecule has 0 saturated heterocycles. The normalized spacial score (nSPS) is 12.5. The minimum absolute atomic E-state index is 0.122. The van der Waals surface area contributed by atoms with E-state index in [0.717, 1.165) is 0 Å². The van der Waals surface area contributed by atoms with E-state index < -0.39 is 0 Å². The number of hydrogen-bond donors (Lipinski definition) is 3. The number of carbonyl (C=O) groups excluding carboxylic acids is 3. The van der Waals surface area contributed by atoms with Gasteiger partial charge in [-0.3, -0.25) is 19.3 Å². The van der Waals surface area contributed by atoms with Gasteiger partial charge >= 0.3 is 0 Å². The number of ether oxygens (including phenoxy) is 6. The minimum Gasteiger partial charge on any atom is -0.380 e. The van der Waals surface area contributed by atoms with Gasteiger partial charge in [0.15, 0.2) is 0 Å². The summed E-state index contributed by atoms with van der Waals surface area (Å²) in [7, 11) is 0. The quantitative estimate of drug-likeness (QED) is 0.0244. The number of rotatable bonds is 42. The Morgan fingerprint density at radius 1 is 0.403 bits per heavy atom. The Bertz CT molecular complexity index is 1390. The Morgan fingerprint density at radius 3 is 0.881 bits per heavy atom. The van der Waals surface area contributed by atoms with E-state index in [1.807, 2.05) is 83.1 Å². The zero-order valence-electron chi connectivity index (χ0n) is 43.1. The fraction of sp³-hybridized carbons (Fsp3) is 0.933. The topological polar surface area (TPSA) is 292 Å². The van der Waals surface area contributed by atoms with Crippen LogP contribution in [0, 0.1) is 32.5 Å². The van der Waals surface area contributed by atoms with Crippen molar-refractivity contribution < 1.29 is 42.8 Å². The van der Waals surface area contributed by atoms with E-state index in [2.05, 4.69) is 50.9 Å². The molecule has 0 heterocycles. The van der Waals surface area contributed by atoms with Gasteiger partial charge in [-0.25, -0.2) is 0 Å². The zero-order chi connectivity index (χ0) is 50.9. The summed E-state index contributed by atoms with van der Waals surface area (Å²) in [6.07, 6.45) is 0.610. The van der Waals surface area contributed by atoms with Crippen molar-refractivity contribution in [3.05, 3.63) is 31.3 Å². The summed E-state index contributed by atoms with van der Waals surface area (Å²) in [4.78, 5) is 48.4. The summed E-state index contributed by atoms with van der Waals surface area (Å²) < 4.78 is 35.2. The summed E-state index contributed by atoms with van der Waals surface area (Å²) in [5.74, 6) is -0.366. The molecule has 3 N–H and O–H groups in total. The average molecular weight is 954 g/mol. The maximum atomic E-state index is 12.6. The maximum absolute atomic E-state index is 12.6. The molecule has 0 aliphatic carbocycles. The van der Waals surface area contributed by atoms with Gasteiger partial charge in [-0.2, -0.15) is 0 Å². The monoisotopic (exact) mass is 954 g/mol. The lowest BCUT2D eigenvalue weighted by Crippen LogP contribution is -2.38. The highest BCUT2D eigenvalue weighted by molar-refractivity contribution is 5.76. The van der Waals surface area contributed by atoms with Crippen molar-refractivity contribution >= 4 is 17.7 Å². The van der Waals surface area contributed by atoms with E-state index in [9.17, 15) is 14.4 Å². The molecule has 22 nitrogen and oxygen atoms in total. The van der Waals surface area contributed by atoms with Crippen LogP contribution in [-0.2, 0) is 42.8 Å². The van der Waals surface area contributed by atoms with Crippen molar-refractivity contribution in [3.63, 3.8) is 0 Å². The lowest BCUT2D eigenvalue weighted by atomic mass is 9.93. The van der Waals surface area contributed by atoms with Crippen LogP contribution in [0.5, 0.6) is 0 Å². The van der Waals surface area contributed by atoms with Gasteiger partial charge in [-0.1, -0.05) is 98.4 Å². The lowest BCUT2D eigenvalue weighted by molar-refractivity contribution is -0.123. The highest BCUT2D eigenvalue weighted by atomic mass is 16.5. The first-order valence-electron chi connectivity index (χ1n) is 23.3. The van der Waals surface area contributed by atoms with E-state index in [1.165, 1.54) is 0 Å². The molecule has 0 unspecified atom stereocenters. The molecule has 3 amide bonds. The first-order valence-corrected chi connectivity index (χ1v) is 23.3. The second-order valence-corrected chi connectivity index (χ2v) is 21.9. The van der Waals surface area contributed by atoms with Gasteiger partial charge in [0.2, 0.25) is 17.7 Å². The van der Waals surface area contributed by atoms with Crippen molar-refractivity contribution in [1.82, 2.24) is 20.9 Å². The smallest absolute Gasteiger partial charge is 0.222 e. The van der Waals surface area contributed by atoms with Gasteiger partial charge < -0.3 is 44.4 Å². The predicted molar refractivity (Wildman–Crippen MR) is 259 cm³/mol. The number of nitrogens with one attached hydrogen (secondary N) is 3. The van der Waals surface area contributed by atoms with Crippen LogP contribution in [0.4, 0.5) is 0 Å². The van der Waals surface area contributed by atoms with Crippen LogP contribution in [0.25, 0.3) is 31.3 Å². The molecule has 67 heavy (non-hydrogen) atoms. The lowest BCUT2D eigenvalue weighted by Gasteiger charge is -2.28. The number of hydrogen-bond acceptors (Lipinski definition) is 13. The number of amides is 3. The molecular formula is C45H87N13O9. The third-order valence-electron chi connectivity index (χ3n) is 10.0. The molecule has 0 rings (SSSR count). The molecule has 0 bridgehead atoms. The van der Waals surface area contributed by atoms with E-state index in [4.69, 9.17) is 45.0 Å². The summed E-state index contributed by atoms with van der Waals surface area (Å²) >= 11 is 0. The molecule has 0 spiro atoms. The maximum Gasteiger partial charge on any atom is 0.222 e. The highest BCUT2D eigenvalue weighted by Crippen LogP contribution is 2.22. The fourth-order valence-electron chi connectivity index (χ4n) is 5.77. The first kappa shape index (κ1) is 63.1. The largest absolute Gasteiger partial charge is 0.380 e. The molecule has 0 aromatic carbocycles. The third kappa shape index (κ3) is 37.7. The van der Waals surface area contributed by atoms with Crippen molar-refractivity contribution in [3.8, 4) is 0 Å². The second-order valence-electron chi connectivity index (χ2n) is 21.9. The van der Waals surface area contributed by atoms with E-state index in [0.29, 0.717) is 118 Å². The fourth-order valence-corrected chi connectivity index (χ4v) is 5.77. The Labute approximate surface area is 400 Å². The molecule has 386 valence electrons. The number of azide groups is 3. The molecular weight excluding hydrogens is 867 g/mol. The van der Waals surface area contributed by atoms with Gasteiger partial charge in [0.25, 0.3) is 0 Å². The molecule has 0 saturated carbocycles. The van der Waals surface area contributed by atoms with Gasteiger partial charge in [0.1, 0.15) is 0 Å². The van der Waals surface area contributed by atoms with E-state index in [-0.39, 0.29) is 89.3 Å². The summed E-state index contributed by atoms with van der Waals surface area (Å²) in [5, 5.41) is 19.8. The molecule has 0 aliphatic rings. The summed E-state index contributed by atoms with van der Waals surface area (Å²) in [6, 6.07) is 0. The Hall–Kier alpha value is -3.94. The van der Waals surface area contributed by atoms with Crippen LogP contribution in [0.15, 0.2) is 15.3 Å². The Kier molecular flexibility index (Phi) is 31.6. The van der Waals surface area contributed by atoms with Crippen molar-refractivity contribution in [2.24, 2.45) is 47.8 Å². The van der Waals surface area contributed by atoms with Crippen LogP contribution >= 0.6 is 0 Å². The SMILES string of the molecule is CC(C)(CN=[N+]=[N-])COCC(C)(C)CNC(=O)CCOCCN(CCOCCC(=O)NCC(C)(C)COCC(C)(C)CN=[N+]=[N-])CCOCCC(=O)NCC(C)(C)COCC(C)(C)CN=[N+]=[N-]. The Balaban J connectivity index is 4.89. The molecule has 0 aromatic rings. The standard InChI is InChI=1S/C45H87N13O9/c1-40(2,31-65-34-43(7,8)28-52-55-46)25-49-37(59)13-19-62-22-16-58(17-23-63-20-14-38(60)50-26-41(3,4)32-66-35-44(9,10)29-53-56-47)18-24-64-21-15-39(61)51-27-42(5,6)33-67-36-45(11,12)30-54-57-48/h13-36H2,1-12H3,(H,49,59)(H,50,60)(H,51,61). The van der Waals surface area contributed by atoms with Gasteiger partial charge in [0, 0.05) is 109 Å². The van der Waals surface area contributed by atoms with Crippen molar-refractivity contribution in [2.75, 3.05) is 138 Å². The predicted octanol–water partition coefficient (Wildman–Crippen LogP) is 7.00. The van der Waals surface area contributed by atoms with Gasteiger partial charge in [0.05, 0.1) is 79.3 Å². The number of nitrogens with zero attached hydrogens (tertiary/aromatic N) is 10. The van der Waals surface area contributed by atoms with E-state index in [1.54, 1.807) is 0 Å². The Morgan fingerprint density at radius 2 is 0.642 bits per heavy atom. The van der Waals surface area contributed by atoms with Crippen LogP contribution in [0.1, 0.15) is 102 Å². The van der Waals surface area contributed by atoms with Crippen LogP contribution < -0.4 is 16.0 Å². The molecule has 22 heteroatoms. The van der Waals surface area contributed by atoms with Gasteiger partial charge in [-0.15, -0.1) is 0 Å². The first-order chi connectivity index (χ1) is 31.3. The van der Waals surface area contributed by atoms with Crippen LogP contribution in [0.2, 0.25) is 0 Å². The van der Waals surface area contributed by atoms with Gasteiger partial charge in [-0.05, 0) is 32.8 Å². The highest BCUT2D eigenvalue weighted by Gasteiger charge is 2.26. The third-order valence-corrected chi connectivity index (χ3v) is 10.0. The number of carbonyl (C=O) groups is 3. The van der Waals surface area contributed by atoms with Crippen molar-refractivity contribution in [1.29, 1.82) is 0 Å². The molecule has 0 radical (unpaired) electrons. The summed E-state index contributed by atoms with van der Waals surface area (Å²) in [5.41, 5.74) is 24.0. The minimum atomic E-state index is -0.300. The average Bonchev–Trinajstić information content (AvgIpc) is 3.23. The van der Waals surface area contributed by atoms with Crippen LogP contribution in [0.3, 0.4) is 0 Å². The summed E-state index contributed by atoms with van der Waals surface area (Å²) in [6.45, 7) is 32.3. The van der Waals surface area contributed by atoms with E-state index >= 15 is 0 Å². The molecule has 0 fully saturated rings. The molecule has 0 aromatic heterocycles. The molecule has 0 aliphatic heterocycles. The van der Waals surface area contributed by atoms with Crippen LogP contribution in [-0.4, -0.2) is 161 Å².